The number of carboxylic acids is 1. The lowest BCUT2D eigenvalue weighted by Gasteiger charge is -2.43. The molecule has 3 unspecified atom stereocenters. The Hall–Kier alpha value is -2.13. The van der Waals surface area contributed by atoms with Crippen LogP contribution in [0.1, 0.15) is 36.5 Å². The molecule has 0 bridgehead atoms. The number of hydrogen-bond acceptors (Lipinski definition) is 3. The summed E-state index contributed by atoms with van der Waals surface area (Å²) in [5.74, 6) is -3.10. The van der Waals surface area contributed by atoms with Gasteiger partial charge < -0.3 is 16.2 Å². The molecule has 150 valence electrons. The van der Waals surface area contributed by atoms with Gasteiger partial charge in [-0.3, -0.25) is 9.28 Å². The summed E-state index contributed by atoms with van der Waals surface area (Å²) in [6.07, 6.45) is -1.27. The number of benzene rings is 1. The zero-order chi connectivity index (χ0) is 20.2. The quantitative estimate of drug-likeness (QED) is 0.693. The van der Waals surface area contributed by atoms with Gasteiger partial charge in [-0.1, -0.05) is 0 Å². The van der Waals surface area contributed by atoms with E-state index in [0.717, 1.165) is 17.6 Å². The highest BCUT2D eigenvalue weighted by Gasteiger charge is 2.47. The van der Waals surface area contributed by atoms with Gasteiger partial charge in [0.05, 0.1) is 12.6 Å². The Balaban J connectivity index is 0.000000321. The highest BCUT2D eigenvalue weighted by Crippen LogP contribution is 2.39. The summed E-state index contributed by atoms with van der Waals surface area (Å²) in [4.78, 5) is 20.1. The Morgan fingerprint density at radius 1 is 1.22 bits per heavy atom. The van der Waals surface area contributed by atoms with E-state index in [1.54, 1.807) is 0 Å². The van der Waals surface area contributed by atoms with Crippen LogP contribution in [0.3, 0.4) is 0 Å². The number of rotatable bonds is 3. The molecule has 6 nitrogen and oxygen atoms in total. The van der Waals surface area contributed by atoms with Gasteiger partial charge in [0.25, 0.3) is 0 Å². The van der Waals surface area contributed by atoms with Gasteiger partial charge in [-0.05, 0) is 31.2 Å². The van der Waals surface area contributed by atoms with Gasteiger partial charge in [-0.25, -0.2) is 4.79 Å². The largest absolute Gasteiger partial charge is 0.490 e. The second-order valence-electron chi connectivity index (χ2n) is 7.01. The molecule has 1 aromatic carbocycles. The fraction of sp³-hybridized carbons (Fsp3) is 0.556. The SMILES string of the molecule is CC1CCC[N+]1(c1ccc(C(N)=O)cc1)C1CCNC1.O=C(O)C(F)(F)F. The van der Waals surface area contributed by atoms with Crippen LogP contribution >= 0.6 is 0 Å². The first-order valence-electron chi connectivity index (χ1n) is 8.87. The average Bonchev–Trinajstić information content (AvgIpc) is 3.25. The number of carbonyl (C=O) groups excluding carboxylic acids is 1. The first-order chi connectivity index (χ1) is 12.6. The molecule has 0 spiro atoms. The number of carboxylic acid groups (broad SMARTS) is 1. The van der Waals surface area contributed by atoms with Crippen molar-refractivity contribution >= 4 is 17.6 Å². The van der Waals surface area contributed by atoms with Gasteiger partial charge in [-0.2, -0.15) is 13.2 Å². The molecule has 4 N–H and O–H groups in total. The van der Waals surface area contributed by atoms with E-state index in [1.807, 2.05) is 12.1 Å². The molecule has 0 aromatic heterocycles. The molecule has 2 saturated heterocycles. The van der Waals surface area contributed by atoms with E-state index in [1.165, 1.54) is 31.5 Å². The Kier molecular flexibility index (Phi) is 6.48. The number of nitrogens with zero attached hydrogens (tertiary/aromatic N) is 1. The normalized spacial score (nSPS) is 27.7. The molecule has 0 radical (unpaired) electrons. The van der Waals surface area contributed by atoms with Crippen molar-refractivity contribution in [2.75, 3.05) is 19.6 Å². The van der Waals surface area contributed by atoms with Gasteiger partial charge >= 0.3 is 12.1 Å². The van der Waals surface area contributed by atoms with Crippen molar-refractivity contribution in [3.63, 3.8) is 0 Å². The average molecular weight is 388 g/mol. The van der Waals surface area contributed by atoms with Crippen LogP contribution in [0.2, 0.25) is 0 Å². The van der Waals surface area contributed by atoms with Crippen LogP contribution in [0.15, 0.2) is 24.3 Å². The number of alkyl halides is 3. The van der Waals surface area contributed by atoms with Crippen molar-refractivity contribution in [2.45, 2.75) is 44.4 Å². The smallest absolute Gasteiger partial charge is 0.475 e. The van der Waals surface area contributed by atoms with Gasteiger partial charge in [0.15, 0.2) is 0 Å². The second kappa shape index (κ2) is 8.26. The summed E-state index contributed by atoms with van der Waals surface area (Å²) < 4.78 is 32.8. The molecule has 0 aliphatic carbocycles. The van der Waals surface area contributed by atoms with Gasteiger partial charge in [0.1, 0.15) is 11.7 Å². The third-order valence-corrected chi connectivity index (χ3v) is 5.50. The molecule has 2 fully saturated rings. The number of primary amides is 1. The Morgan fingerprint density at radius 3 is 2.19 bits per heavy atom. The molecule has 2 aliphatic heterocycles. The lowest BCUT2D eigenvalue weighted by atomic mass is 10.0. The van der Waals surface area contributed by atoms with E-state index < -0.39 is 12.1 Å². The van der Waals surface area contributed by atoms with Crippen LogP contribution in [0, 0.1) is 0 Å². The Bertz CT molecular complexity index is 673. The highest BCUT2D eigenvalue weighted by atomic mass is 19.4. The van der Waals surface area contributed by atoms with E-state index in [4.69, 9.17) is 15.6 Å². The van der Waals surface area contributed by atoms with E-state index in [9.17, 15) is 18.0 Å². The molecule has 9 heteroatoms. The maximum atomic E-state index is 11.2. The van der Waals surface area contributed by atoms with Crippen LogP contribution in [-0.4, -0.2) is 54.9 Å². The van der Waals surface area contributed by atoms with E-state index in [2.05, 4.69) is 24.4 Å². The Morgan fingerprint density at radius 2 is 1.81 bits per heavy atom. The summed E-state index contributed by atoms with van der Waals surface area (Å²) in [6.45, 7) is 5.80. The number of nitrogens with one attached hydrogen (secondary N) is 1. The predicted octanol–water partition coefficient (Wildman–Crippen LogP) is 2.27. The fourth-order valence-corrected chi connectivity index (χ4v) is 4.17. The zero-order valence-corrected chi connectivity index (χ0v) is 15.1. The van der Waals surface area contributed by atoms with Crippen LogP contribution in [0.25, 0.3) is 0 Å². The molecular formula is C18H25F3N3O3+. The van der Waals surface area contributed by atoms with Crippen molar-refractivity contribution in [2.24, 2.45) is 5.73 Å². The highest BCUT2D eigenvalue weighted by molar-refractivity contribution is 5.93. The number of amides is 1. The van der Waals surface area contributed by atoms with E-state index >= 15 is 0 Å². The fourth-order valence-electron chi connectivity index (χ4n) is 4.17. The van der Waals surface area contributed by atoms with Crippen molar-refractivity contribution in [1.82, 2.24) is 9.80 Å². The van der Waals surface area contributed by atoms with Crippen LogP contribution in [0.4, 0.5) is 18.9 Å². The summed E-state index contributed by atoms with van der Waals surface area (Å²) in [5.41, 5.74) is 7.29. The van der Waals surface area contributed by atoms with E-state index in [-0.39, 0.29) is 5.91 Å². The summed E-state index contributed by atoms with van der Waals surface area (Å²) >= 11 is 0. The lowest BCUT2D eigenvalue weighted by molar-refractivity contribution is -0.192. The molecule has 2 heterocycles. The number of aliphatic carboxylic acids is 1. The monoisotopic (exact) mass is 388 g/mol. The van der Waals surface area contributed by atoms with Crippen LogP contribution in [-0.2, 0) is 4.79 Å². The third-order valence-electron chi connectivity index (χ3n) is 5.50. The zero-order valence-electron chi connectivity index (χ0n) is 15.1. The number of halogens is 3. The van der Waals surface area contributed by atoms with Gasteiger partial charge in [-0.15, -0.1) is 0 Å². The Labute approximate surface area is 155 Å². The maximum Gasteiger partial charge on any atom is 0.490 e. The standard InChI is InChI=1S/C16H23N3O.C2HF3O2/c1-12-3-2-10-19(12,15-8-9-18-11-15)14-6-4-13(5-7-14)16(17)20;3-2(4,5)1(6)7/h4-7,12,15,18H,2-3,8-11H2,1H3,(H-,17,20);(H,6,7)/p+1. The summed E-state index contributed by atoms with van der Waals surface area (Å²) in [7, 11) is 0. The number of carbonyl (C=O) groups is 2. The van der Waals surface area contributed by atoms with Crippen molar-refractivity contribution < 1.29 is 27.9 Å². The van der Waals surface area contributed by atoms with Crippen molar-refractivity contribution in [1.29, 1.82) is 0 Å². The molecule has 0 saturated carbocycles. The maximum absolute atomic E-state index is 11.2. The molecule has 1 aromatic rings. The minimum absolute atomic E-state index is 0.347. The molecular weight excluding hydrogens is 363 g/mol. The summed E-state index contributed by atoms with van der Waals surface area (Å²) in [6, 6.07) is 9.29. The first kappa shape index (κ1) is 21.2. The lowest BCUT2D eigenvalue weighted by Crippen LogP contribution is -2.59. The van der Waals surface area contributed by atoms with E-state index in [0.29, 0.717) is 17.6 Å². The third kappa shape index (κ3) is 4.59. The van der Waals surface area contributed by atoms with Crippen LogP contribution < -0.4 is 15.5 Å². The van der Waals surface area contributed by atoms with Crippen LogP contribution in [0.5, 0.6) is 0 Å². The minimum Gasteiger partial charge on any atom is -0.475 e. The van der Waals surface area contributed by atoms with Crippen molar-refractivity contribution in [3.05, 3.63) is 29.8 Å². The molecule has 3 atom stereocenters. The van der Waals surface area contributed by atoms with Gasteiger partial charge in [0.2, 0.25) is 5.91 Å². The molecule has 2 aliphatic rings. The number of quaternary nitrogens is 1. The second-order valence-corrected chi connectivity index (χ2v) is 7.01. The molecule has 27 heavy (non-hydrogen) atoms. The number of nitrogens with two attached hydrogens (primary N) is 1. The number of hydrogen-bond donors (Lipinski definition) is 3. The molecule has 3 rings (SSSR count). The number of likely N-dealkylation sites (tertiary alicyclic amines) is 1. The van der Waals surface area contributed by atoms with Gasteiger partial charge in [0, 0.05) is 37.9 Å². The minimum atomic E-state index is -5.08. The topological polar surface area (TPSA) is 92.4 Å². The molecule has 1 amide bonds. The first-order valence-corrected chi connectivity index (χ1v) is 8.87. The summed E-state index contributed by atoms with van der Waals surface area (Å²) in [5, 5.41) is 10.6. The van der Waals surface area contributed by atoms with Crippen molar-refractivity contribution in [3.8, 4) is 0 Å². The predicted molar refractivity (Wildman–Crippen MR) is 95.3 cm³/mol.